The third-order valence-electron chi connectivity index (χ3n) is 7.50. The van der Waals surface area contributed by atoms with Crippen molar-refractivity contribution in [1.29, 1.82) is 0 Å². The molecule has 0 atom stereocenters. The van der Waals surface area contributed by atoms with Crippen molar-refractivity contribution in [1.82, 2.24) is 4.65 Å². The smallest absolute Gasteiger partial charge is 0.136 e. The molecule has 0 saturated carbocycles. The lowest BCUT2D eigenvalue weighted by atomic mass is 11.2. The van der Waals surface area contributed by atoms with Crippen molar-refractivity contribution in [2.24, 2.45) is 0 Å². The van der Waals surface area contributed by atoms with Crippen LogP contribution in [0.1, 0.15) is 0 Å². The maximum atomic E-state index is 4.33. The Morgan fingerprint density at radius 3 is 1.04 bits per heavy atom. The van der Waals surface area contributed by atoms with Gasteiger partial charge in [0.05, 0.1) is 16.1 Å². The summed E-state index contributed by atoms with van der Waals surface area (Å²) in [5, 5.41) is 0. The molecule has 0 aromatic rings. The van der Waals surface area contributed by atoms with Gasteiger partial charge >= 0.3 is 0 Å². The second kappa shape index (κ2) is 5.08. The van der Waals surface area contributed by atoms with E-state index in [1.165, 1.54) is 0 Å². The van der Waals surface area contributed by atoms with Gasteiger partial charge in [-0.15, -0.1) is 0 Å². The molecule has 0 aliphatic carbocycles. The maximum absolute atomic E-state index is 4.33. The minimum absolute atomic E-state index is 0.779. The highest BCUT2D eigenvalue weighted by Crippen LogP contribution is 2.70. The van der Waals surface area contributed by atoms with E-state index in [9.17, 15) is 0 Å². The van der Waals surface area contributed by atoms with E-state index in [0.717, 1.165) is 3.91 Å². The van der Waals surface area contributed by atoms with E-state index >= 15 is 0 Å². The molecule has 24 heavy (non-hydrogen) atoms. The highest BCUT2D eigenvalue weighted by atomic mass is 28.5. The van der Waals surface area contributed by atoms with E-state index in [0.29, 0.717) is 0 Å². The van der Waals surface area contributed by atoms with Crippen LogP contribution in [-0.4, -0.2) is 48.8 Å². The lowest BCUT2D eigenvalue weighted by Crippen LogP contribution is -2.77. The van der Waals surface area contributed by atoms with E-state index in [2.05, 4.69) is 106 Å². The molecule has 1 nitrogen and oxygen atoms in total. The summed E-state index contributed by atoms with van der Waals surface area (Å²) in [7, 11) is -8.47. The van der Waals surface area contributed by atoms with E-state index in [-0.39, 0.29) is 0 Å². The lowest BCUT2D eigenvalue weighted by Gasteiger charge is -2.65. The number of rotatable bonds is 2. The standard InChI is InChI=1S/C17H43NSi6/c1-19(2,3)17(20(4,5)6)21(7,8)15-16(22(17,9)10)24(13,14)18-23(15,11)12/h18H,1-14H3. The zero-order valence-corrected chi connectivity index (χ0v) is 25.0. The zero-order chi connectivity index (χ0) is 19.4. The monoisotopic (exact) mass is 429 g/mol. The van der Waals surface area contributed by atoms with Crippen LogP contribution in [0.25, 0.3) is 0 Å². The number of hydrogen-bond donors (Lipinski definition) is 1. The molecule has 2 heterocycles. The fourth-order valence-corrected chi connectivity index (χ4v) is 92.2. The molecule has 0 aromatic carbocycles. The Balaban J connectivity index is 3.02. The van der Waals surface area contributed by atoms with Crippen LogP contribution in [0.5, 0.6) is 0 Å². The molecule has 140 valence electrons. The molecule has 0 bridgehead atoms. The first kappa shape index (κ1) is 21.3. The molecule has 0 spiro atoms. The summed E-state index contributed by atoms with van der Waals surface area (Å²) < 4.78 is 5.11. The van der Waals surface area contributed by atoms with E-state index < -0.39 is 48.8 Å². The Bertz CT molecular complexity index is 550. The van der Waals surface area contributed by atoms with Crippen molar-refractivity contribution in [2.45, 2.75) is 95.6 Å². The zero-order valence-electron chi connectivity index (χ0n) is 19.0. The fraction of sp³-hybridized carbons (Fsp3) is 0.882. The molecule has 1 N–H and O–H groups in total. The van der Waals surface area contributed by atoms with Crippen molar-refractivity contribution in [3.8, 4) is 0 Å². The Hall–Kier alpha value is 1.00. The summed E-state index contributed by atoms with van der Waals surface area (Å²) >= 11 is 0. The van der Waals surface area contributed by atoms with Crippen LogP contribution in [0.4, 0.5) is 0 Å². The summed E-state index contributed by atoms with van der Waals surface area (Å²) in [5.74, 6) is 0. The fourth-order valence-electron chi connectivity index (χ4n) is 9.75. The predicted octanol–water partition coefficient (Wildman–Crippen LogP) is 5.92. The Morgan fingerprint density at radius 2 is 0.833 bits per heavy atom. The van der Waals surface area contributed by atoms with Gasteiger partial charge in [0.25, 0.3) is 0 Å². The van der Waals surface area contributed by atoms with Crippen LogP contribution in [0.2, 0.25) is 95.6 Å². The highest BCUT2D eigenvalue weighted by Gasteiger charge is 2.78. The lowest BCUT2D eigenvalue weighted by molar-refractivity contribution is 1.20. The van der Waals surface area contributed by atoms with Gasteiger partial charge < -0.3 is 4.65 Å². The van der Waals surface area contributed by atoms with Gasteiger partial charge in [-0.3, -0.25) is 0 Å². The topological polar surface area (TPSA) is 12.0 Å². The SMILES string of the molecule is C[Si]1(C)N[Si](C)(C)C2=C1[Si](C)(C)C([Si](C)(C)C)([Si](C)(C)C)[Si]2(C)C. The number of hydrogen-bond acceptors (Lipinski definition) is 1. The van der Waals surface area contributed by atoms with Gasteiger partial charge in [-0.25, -0.2) is 0 Å². The second-order valence-corrected chi connectivity index (χ2v) is 44.6. The first-order valence-electron chi connectivity index (χ1n) is 9.75. The molecular formula is C17H43NSi6. The van der Waals surface area contributed by atoms with Gasteiger partial charge in [0.2, 0.25) is 0 Å². The van der Waals surface area contributed by atoms with Crippen molar-refractivity contribution in [2.75, 3.05) is 0 Å². The predicted molar refractivity (Wildman–Crippen MR) is 129 cm³/mol. The van der Waals surface area contributed by atoms with Crippen LogP contribution >= 0.6 is 0 Å². The summed E-state index contributed by atoms with van der Waals surface area (Å²) in [5.41, 5.74) is 0. The molecule has 0 amide bonds. The highest BCUT2D eigenvalue weighted by molar-refractivity contribution is 7.42. The van der Waals surface area contributed by atoms with E-state index in [1.807, 2.05) is 0 Å². The molecule has 0 unspecified atom stereocenters. The first-order valence-corrected chi connectivity index (χ1v) is 28.8. The van der Waals surface area contributed by atoms with Gasteiger partial charge in [-0.05, 0) is 3.91 Å². The molecule has 2 aliphatic heterocycles. The molecule has 0 aromatic heterocycles. The Labute approximate surface area is 158 Å². The molecule has 0 fully saturated rings. The summed E-state index contributed by atoms with van der Waals surface area (Å²) in [4.78, 5) is 4.27. The van der Waals surface area contributed by atoms with Gasteiger partial charge in [0.15, 0.2) is 0 Å². The van der Waals surface area contributed by atoms with Crippen molar-refractivity contribution in [3.63, 3.8) is 0 Å². The molecule has 2 aliphatic rings. The molecular weight excluding hydrogens is 387 g/mol. The molecule has 2 rings (SSSR count). The average Bonchev–Trinajstić information content (AvgIpc) is 2.47. The summed E-state index contributed by atoms with van der Waals surface area (Å²) in [6.45, 7) is 38.4. The molecule has 0 saturated heterocycles. The Morgan fingerprint density at radius 1 is 0.583 bits per heavy atom. The van der Waals surface area contributed by atoms with Gasteiger partial charge in [0, 0.05) is 16.1 Å². The Kier molecular flexibility index (Phi) is 4.51. The van der Waals surface area contributed by atoms with Gasteiger partial charge in [0.1, 0.15) is 16.5 Å². The van der Waals surface area contributed by atoms with Crippen molar-refractivity contribution >= 4 is 48.8 Å². The second-order valence-electron chi connectivity index (χ2n) is 12.6. The minimum atomic E-state index is -1.48. The van der Waals surface area contributed by atoms with Gasteiger partial charge in [-0.1, -0.05) is 101 Å². The van der Waals surface area contributed by atoms with Crippen molar-refractivity contribution < 1.29 is 0 Å². The number of nitrogens with one attached hydrogen (secondary N) is 1. The summed E-state index contributed by atoms with van der Waals surface area (Å²) in [6.07, 6.45) is 0. The normalized spacial score (nSPS) is 29.8. The average molecular weight is 430 g/mol. The third kappa shape index (κ3) is 2.21. The van der Waals surface area contributed by atoms with Crippen LogP contribution in [0.3, 0.4) is 0 Å². The largest absolute Gasteiger partial charge is 0.353 e. The first-order chi connectivity index (χ1) is 10.2. The van der Waals surface area contributed by atoms with Crippen LogP contribution in [0.15, 0.2) is 9.64 Å². The van der Waals surface area contributed by atoms with Crippen LogP contribution in [0, 0.1) is 0 Å². The maximum Gasteiger partial charge on any atom is 0.136 e. The third-order valence-corrected chi connectivity index (χ3v) is 60.0. The van der Waals surface area contributed by atoms with E-state index in [4.69, 9.17) is 0 Å². The van der Waals surface area contributed by atoms with E-state index in [1.54, 1.807) is 0 Å². The van der Waals surface area contributed by atoms with Crippen molar-refractivity contribution in [3.05, 3.63) is 9.64 Å². The summed E-state index contributed by atoms with van der Waals surface area (Å²) in [6, 6.07) is 0. The van der Waals surface area contributed by atoms with Crippen LogP contribution < -0.4 is 4.65 Å². The molecule has 7 heteroatoms. The molecule has 0 radical (unpaired) electrons. The van der Waals surface area contributed by atoms with Gasteiger partial charge in [-0.2, -0.15) is 0 Å². The minimum Gasteiger partial charge on any atom is -0.353 e. The van der Waals surface area contributed by atoms with Crippen LogP contribution in [-0.2, 0) is 0 Å². The quantitative estimate of drug-likeness (QED) is 0.537.